The van der Waals surface area contributed by atoms with E-state index in [0.29, 0.717) is 12.3 Å². The Morgan fingerprint density at radius 1 is 1.27 bits per heavy atom. The number of carbonyl (C=O) groups is 1. The van der Waals surface area contributed by atoms with Crippen LogP contribution in [0, 0.1) is 22.2 Å². The highest BCUT2D eigenvalue weighted by atomic mass is 16.3. The molecule has 4 atom stereocenters. The van der Waals surface area contributed by atoms with Crippen molar-refractivity contribution >= 4 is 5.91 Å². The summed E-state index contributed by atoms with van der Waals surface area (Å²) >= 11 is 0. The Hall–Kier alpha value is -1.36. The summed E-state index contributed by atoms with van der Waals surface area (Å²) in [6.07, 6.45) is 14.8. The number of nitrogens with zero attached hydrogens (tertiary/aromatic N) is 2. The van der Waals surface area contributed by atoms with Gasteiger partial charge in [-0.3, -0.25) is 4.79 Å². The minimum Gasteiger partial charge on any atom is -0.390 e. The molecule has 0 radical (unpaired) electrons. The molecule has 0 spiro atoms. The highest BCUT2D eigenvalue weighted by Gasteiger charge is 2.64. The number of carbonyl (C=O) groups excluding carboxylic acids is 1. The Bertz CT molecular complexity index is 713. The molecule has 5 nitrogen and oxygen atoms in total. The molecule has 2 N–H and O–H groups in total. The number of aromatic nitrogens is 2. The van der Waals surface area contributed by atoms with Gasteiger partial charge >= 0.3 is 0 Å². The van der Waals surface area contributed by atoms with Gasteiger partial charge in [-0.05, 0) is 62.7 Å². The van der Waals surface area contributed by atoms with Crippen molar-refractivity contribution in [1.82, 2.24) is 14.9 Å². The third-order valence-corrected chi connectivity index (χ3v) is 8.04. The van der Waals surface area contributed by atoms with Crippen LogP contribution in [0.4, 0.5) is 0 Å². The van der Waals surface area contributed by atoms with Crippen LogP contribution in [0.2, 0.25) is 0 Å². The van der Waals surface area contributed by atoms with Gasteiger partial charge < -0.3 is 15.0 Å². The predicted octanol–water partition coefficient (Wildman–Crippen LogP) is 2.89. The first-order valence-corrected chi connectivity index (χ1v) is 10.3. The van der Waals surface area contributed by atoms with E-state index in [1.54, 1.807) is 0 Å². The zero-order chi connectivity index (χ0) is 18.0. The second-order valence-corrected chi connectivity index (χ2v) is 10.3. The lowest BCUT2D eigenvalue weighted by molar-refractivity contribution is -0.204. The van der Waals surface area contributed by atoms with E-state index in [9.17, 15) is 9.90 Å². The van der Waals surface area contributed by atoms with Crippen molar-refractivity contribution in [2.75, 3.05) is 6.54 Å². The molecule has 4 bridgehead atoms. The van der Waals surface area contributed by atoms with Crippen molar-refractivity contribution in [3.05, 3.63) is 18.7 Å². The molecular weight excluding hydrogens is 326 g/mol. The Kier molecular flexibility index (Phi) is 3.45. The Labute approximate surface area is 155 Å². The second-order valence-electron chi connectivity index (χ2n) is 10.3. The maximum atomic E-state index is 13.3. The van der Waals surface area contributed by atoms with Crippen molar-refractivity contribution in [2.45, 2.75) is 76.9 Å². The molecule has 5 fully saturated rings. The summed E-state index contributed by atoms with van der Waals surface area (Å²) in [7, 11) is 0. The fourth-order valence-corrected chi connectivity index (χ4v) is 7.02. The molecule has 0 aliphatic heterocycles. The Morgan fingerprint density at radius 2 is 2.12 bits per heavy atom. The smallest absolute Gasteiger partial charge is 0.226 e. The van der Waals surface area contributed by atoms with Crippen LogP contribution in [0.15, 0.2) is 18.7 Å². The standard InChI is InChI=1S/C21H31N3O2/c1-2-18-7-16-8-20(10-18,12-21(26,9-16)11-18)17(25)23-13-19(3-4-19)14-24-6-5-22-15-24/h5-6,15-16,26H,2-4,7-14H2,1H3,(H,23,25). The van der Waals surface area contributed by atoms with Crippen LogP contribution < -0.4 is 5.32 Å². The molecule has 0 saturated heterocycles. The summed E-state index contributed by atoms with van der Waals surface area (Å²) in [6, 6.07) is 0. The second kappa shape index (κ2) is 5.34. The molecular formula is C21H31N3O2. The zero-order valence-corrected chi connectivity index (χ0v) is 15.8. The van der Waals surface area contributed by atoms with Crippen molar-refractivity contribution in [3.63, 3.8) is 0 Å². The topological polar surface area (TPSA) is 67.2 Å². The number of aliphatic hydroxyl groups is 1. The quantitative estimate of drug-likeness (QED) is 0.823. The van der Waals surface area contributed by atoms with Crippen LogP contribution in [0.1, 0.15) is 64.7 Å². The molecule has 1 aromatic heterocycles. The summed E-state index contributed by atoms with van der Waals surface area (Å²) in [5.41, 5.74) is -0.520. The van der Waals surface area contributed by atoms with Gasteiger partial charge in [0.05, 0.1) is 17.3 Å². The SMILES string of the molecule is CCC12CC3CC(O)(C1)CC(C(=O)NCC1(Cn4ccnc4)CC1)(C3)C2. The summed E-state index contributed by atoms with van der Waals surface area (Å²) < 4.78 is 2.12. The molecule has 0 aromatic carbocycles. The van der Waals surface area contributed by atoms with Gasteiger partial charge in [0.2, 0.25) is 5.91 Å². The lowest BCUT2D eigenvalue weighted by Gasteiger charge is -2.64. The molecule has 5 saturated carbocycles. The summed E-state index contributed by atoms with van der Waals surface area (Å²) in [4.78, 5) is 17.5. The van der Waals surface area contributed by atoms with E-state index in [1.807, 2.05) is 18.7 Å². The minimum atomic E-state index is -0.596. The molecule has 5 aliphatic rings. The van der Waals surface area contributed by atoms with Gasteiger partial charge in [-0.2, -0.15) is 0 Å². The highest BCUT2D eigenvalue weighted by Crippen LogP contribution is 2.67. The molecule has 1 heterocycles. The first-order chi connectivity index (χ1) is 12.4. The van der Waals surface area contributed by atoms with Gasteiger partial charge in [0.15, 0.2) is 0 Å². The summed E-state index contributed by atoms with van der Waals surface area (Å²) in [6.45, 7) is 3.94. The maximum Gasteiger partial charge on any atom is 0.226 e. The molecule has 1 aromatic rings. The van der Waals surface area contributed by atoms with Gasteiger partial charge in [-0.15, -0.1) is 0 Å². The first kappa shape index (κ1) is 16.8. The fraction of sp³-hybridized carbons (Fsp3) is 0.810. The van der Waals surface area contributed by atoms with Gasteiger partial charge in [0.25, 0.3) is 0 Å². The van der Waals surface area contributed by atoms with Gasteiger partial charge in [0, 0.05) is 30.9 Å². The number of amides is 1. The van der Waals surface area contributed by atoms with E-state index in [4.69, 9.17) is 0 Å². The summed E-state index contributed by atoms with van der Waals surface area (Å²) in [5.74, 6) is 0.748. The molecule has 26 heavy (non-hydrogen) atoms. The van der Waals surface area contributed by atoms with Crippen molar-refractivity contribution in [3.8, 4) is 0 Å². The largest absolute Gasteiger partial charge is 0.390 e. The van der Waals surface area contributed by atoms with Crippen LogP contribution in [-0.2, 0) is 11.3 Å². The molecule has 6 rings (SSSR count). The Morgan fingerprint density at radius 3 is 2.77 bits per heavy atom. The van der Waals surface area contributed by atoms with Crippen molar-refractivity contribution in [2.24, 2.45) is 22.2 Å². The normalized spacial score (nSPS) is 42.0. The summed E-state index contributed by atoms with van der Waals surface area (Å²) in [5, 5.41) is 14.5. The van der Waals surface area contributed by atoms with Crippen LogP contribution in [0.25, 0.3) is 0 Å². The number of nitrogens with one attached hydrogen (secondary N) is 1. The van der Waals surface area contributed by atoms with Crippen LogP contribution in [0.3, 0.4) is 0 Å². The van der Waals surface area contributed by atoms with Crippen molar-refractivity contribution in [1.29, 1.82) is 0 Å². The number of hydrogen-bond donors (Lipinski definition) is 2. The lowest BCUT2D eigenvalue weighted by Crippen LogP contribution is -2.64. The third-order valence-electron chi connectivity index (χ3n) is 8.04. The third kappa shape index (κ3) is 2.62. The van der Waals surface area contributed by atoms with E-state index in [-0.39, 0.29) is 22.2 Å². The predicted molar refractivity (Wildman–Crippen MR) is 98.2 cm³/mol. The average Bonchev–Trinajstić information content (AvgIpc) is 3.14. The highest BCUT2D eigenvalue weighted by molar-refractivity contribution is 5.83. The number of hydrogen-bond acceptors (Lipinski definition) is 3. The van der Waals surface area contributed by atoms with Gasteiger partial charge in [-0.1, -0.05) is 13.3 Å². The van der Waals surface area contributed by atoms with Crippen LogP contribution >= 0.6 is 0 Å². The average molecular weight is 357 g/mol. The van der Waals surface area contributed by atoms with E-state index in [1.165, 1.54) is 19.3 Å². The van der Waals surface area contributed by atoms with E-state index >= 15 is 0 Å². The molecule has 1 amide bonds. The molecule has 4 unspecified atom stereocenters. The molecule has 5 heteroatoms. The molecule has 142 valence electrons. The van der Waals surface area contributed by atoms with E-state index < -0.39 is 5.60 Å². The number of rotatable bonds is 6. The minimum absolute atomic E-state index is 0.194. The monoisotopic (exact) mass is 357 g/mol. The van der Waals surface area contributed by atoms with Crippen LogP contribution in [0.5, 0.6) is 0 Å². The van der Waals surface area contributed by atoms with Gasteiger partial charge in [-0.25, -0.2) is 4.98 Å². The maximum absolute atomic E-state index is 13.3. The lowest BCUT2D eigenvalue weighted by atomic mass is 9.42. The van der Waals surface area contributed by atoms with Crippen molar-refractivity contribution < 1.29 is 9.90 Å². The van der Waals surface area contributed by atoms with E-state index in [0.717, 1.165) is 45.2 Å². The van der Waals surface area contributed by atoms with E-state index in [2.05, 4.69) is 21.8 Å². The first-order valence-electron chi connectivity index (χ1n) is 10.3. The zero-order valence-electron chi connectivity index (χ0n) is 15.8. The van der Waals surface area contributed by atoms with Gasteiger partial charge in [0.1, 0.15) is 0 Å². The Balaban J connectivity index is 1.30. The number of imidazole rings is 1. The fourth-order valence-electron chi connectivity index (χ4n) is 7.02. The molecule has 5 aliphatic carbocycles. The van der Waals surface area contributed by atoms with Crippen LogP contribution in [-0.4, -0.2) is 32.7 Å².